The van der Waals surface area contributed by atoms with Crippen molar-refractivity contribution in [2.75, 3.05) is 25.3 Å². The van der Waals surface area contributed by atoms with Crippen molar-refractivity contribution in [1.29, 1.82) is 0 Å². The number of anilines is 1. The first-order valence-corrected chi connectivity index (χ1v) is 9.30. The maximum absolute atomic E-state index is 12.6. The number of benzene rings is 2. The van der Waals surface area contributed by atoms with Gasteiger partial charge >= 0.3 is 0 Å². The summed E-state index contributed by atoms with van der Waals surface area (Å²) in [6.07, 6.45) is 1.77. The lowest BCUT2D eigenvalue weighted by Gasteiger charge is -2.14. The molecule has 3 rings (SSSR count). The van der Waals surface area contributed by atoms with Gasteiger partial charge in [0.25, 0.3) is 5.91 Å². The summed E-state index contributed by atoms with van der Waals surface area (Å²) in [5.74, 6) is 1.88. The number of hydrogen-bond donors (Lipinski definition) is 1. The van der Waals surface area contributed by atoms with E-state index in [0.29, 0.717) is 52.5 Å². The zero-order valence-electron chi connectivity index (χ0n) is 15.3. The third-order valence-electron chi connectivity index (χ3n) is 3.81. The normalized spacial score (nSPS) is 12.0. The van der Waals surface area contributed by atoms with Crippen LogP contribution >= 0.6 is 11.6 Å². The van der Waals surface area contributed by atoms with Gasteiger partial charge in [-0.15, -0.1) is 0 Å². The van der Waals surface area contributed by atoms with E-state index in [1.807, 2.05) is 13.8 Å². The number of fused-ring (bicyclic) bond motifs is 1. The van der Waals surface area contributed by atoms with Gasteiger partial charge in [0.2, 0.25) is 6.79 Å². The average Bonchev–Trinajstić information content (AvgIpc) is 3.14. The lowest BCUT2D eigenvalue weighted by atomic mass is 10.1. The molecule has 6 nitrogen and oxygen atoms in total. The van der Waals surface area contributed by atoms with Crippen molar-refractivity contribution in [3.05, 3.63) is 40.9 Å². The van der Waals surface area contributed by atoms with Gasteiger partial charge in [0.1, 0.15) is 0 Å². The minimum absolute atomic E-state index is 0.0947. The molecule has 1 aliphatic heterocycles. The third kappa shape index (κ3) is 4.57. The summed E-state index contributed by atoms with van der Waals surface area (Å²) >= 11 is 6.15. The molecule has 7 heteroatoms. The molecule has 0 saturated heterocycles. The minimum atomic E-state index is -0.307. The number of rotatable bonds is 8. The second-order valence-corrected chi connectivity index (χ2v) is 6.41. The fourth-order valence-corrected chi connectivity index (χ4v) is 2.81. The summed E-state index contributed by atoms with van der Waals surface area (Å²) < 4.78 is 22.0. The van der Waals surface area contributed by atoms with Gasteiger partial charge in [0, 0.05) is 17.3 Å². The van der Waals surface area contributed by atoms with E-state index in [2.05, 4.69) is 5.32 Å². The predicted molar refractivity (Wildman–Crippen MR) is 104 cm³/mol. The number of carbonyl (C=O) groups excluding carboxylic acids is 1. The minimum Gasteiger partial charge on any atom is -0.490 e. The van der Waals surface area contributed by atoms with Gasteiger partial charge < -0.3 is 24.3 Å². The van der Waals surface area contributed by atoms with Crippen LogP contribution in [0.4, 0.5) is 5.69 Å². The Kier molecular flexibility index (Phi) is 6.29. The van der Waals surface area contributed by atoms with Crippen molar-refractivity contribution in [1.82, 2.24) is 0 Å². The second kappa shape index (κ2) is 8.86. The second-order valence-electron chi connectivity index (χ2n) is 6.00. The van der Waals surface area contributed by atoms with E-state index in [-0.39, 0.29) is 12.7 Å². The molecule has 0 radical (unpaired) electrons. The molecule has 2 aromatic carbocycles. The van der Waals surface area contributed by atoms with Crippen molar-refractivity contribution >= 4 is 23.2 Å². The molecule has 0 aliphatic carbocycles. The SMILES string of the molecule is CCCOc1ccc(NC(=O)c2cc(Cl)c3c(c2)OCO3)cc1OCCC. The van der Waals surface area contributed by atoms with Crippen LogP contribution in [0.15, 0.2) is 30.3 Å². The first-order valence-electron chi connectivity index (χ1n) is 8.92. The highest BCUT2D eigenvalue weighted by Crippen LogP contribution is 2.40. The highest BCUT2D eigenvalue weighted by Gasteiger charge is 2.21. The topological polar surface area (TPSA) is 66.0 Å². The van der Waals surface area contributed by atoms with Crippen LogP contribution in [-0.4, -0.2) is 25.9 Å². The van der Waals surface area contributed by atoms with Gasteiger partial charge in [-0.1, -0.05) is 25.4 Å². The monoisotopic (exact) mass is 391 g/mol. The molecule has 27 heavy (non-hydrogen) atoms. The fourth-order valence-electron chi connectivity index (χ4n) is 2.54. The van der Waals surface area contributed by atoms with E-state index in [0.717, 1.165) is 12.8 Å². The van der Waals surface area contributed by atoms with Crippen molar-refractivity contribution in [2.24, 2.45) is 0 Å². The lowest BCUT2D eigenvalue weighted by Crippen LogP contribution is -2.12. The predicted octanol–water partition coefficient (Wildman–Crippen LogP) is 4.90. The van der Waals surface area contributed by atoms with Crippen molar-refractivity contribution in [3.63, 3.8) is 0 Å². The van der Waals surface area contributed by atoms with Gasteiger partial charge in [-0.25, -0.2) is 0 Å². The van der Waals surface area contributed by atoms with Crippen LogP contribution < -0.4 is 24.3 Å². The van der Waals surface area contributed by atoms with E-state index < -0.39 is 0 Å². The van der Waals surface area contributed by atoms with Gasteiger partial charge in [0.15, 0.2) is 23.0 Å². The maximum atomic E-state index is 12.6. The van der Waals surface area contributed by atoms with Crippen molar-refractivity contribution in [2.45, 2.75) is 26.7 Å². The zero-order chi connectivity index (χ0) is 19.2. The molecule has 0 unspecified atom stereocenters. The van der Waals surface area contributed by atoms with E-state index in [9.17, 15) is 4.79 Å². The fraction of sp³-hybridized carbons (Fsp3) is 0.350. The van der Waals surface area contributed by atoms with Gasteiger partial charge in [0.05, 0.1) is 18.2 Å². The number of halogens is 1. The Bertz CT molecular complexity index is 824. The van der Waals surface area contributed by atoms with E-state index in [1.54, 1.807) is 30.3 Å². The number of hydrogen-bond acceptors (Lipinski definition) is 5. The largest absolute Gasteiger partial charge is 0.490 e. The van der Waals surface area contributed by atoms with Crippen LogP contribution in [0, 0.1) is 0 Å². The molecular formula is C20H22ClNO5. The third-order valence-corrected chi connectivity index (χ3v) is 4.10. The Hall–Kier alpha value is -2.60. The number of nitrogens with one attached hydrogen (secondary N) is 1. The standard InChI is InChI=1S/C20H22ClNO5/c1-3-7-24-16-6-5-14(11-17(16)25-8-4-2)22-20(23)13-9-15(21)19-18(10-13)26-12-27-19/h5-6,9-11H,3-4,7-8,12H2,1-2H3,(H,22,23). The van der Waals surface area contributed by atoms with Gasteiger partial charge in [-0.2, -0.15) is 0 Å². The molecule has 0 spiro atoms. The van der Waals surface area contributed by atoms with Crippen LogP contribution in [0.3, 0.4) is 0 Å². The molecule has 0 aromatic heterocycles. The summed E-state index contributed by atoms with van der Waals surface area (Å²) in [6, 6.07) is 8.49. The number of ether oxygens (including phenoxy) is 4. The maximum Gasteiger partial charge on any atom is 0.255 e. The highest BCUT2D eigenvalue weighted by atomic mass is 35.5. The van der Waals surface area contributed by atoms with Crippen LogP contribution in [0.25, 0.3) is 0 Å². The molecule has 1 heterocycles. The number of amides is 1. The van der Waals surface area contributed by atoms with Crippen LogP contribution in [-0.2, 0) is 0 Å². The van der Waals surface area contributed by atoms with E-state index in [4.69, 9.17) is 30.5 Å². The molecule has 0 atom stereocenters. The van der Waals surface area contributed by atoms with Crippen LogP contribution in [0.1, 0.15) is 37.0 Å². The van der Waals surface area contributed by atoms with Crippen molar-refractivity contribution < 1.29 is 23.7 Å². The Morgan fingerprint density at radius 1 is 1.07 bits per heavy atom. The zero-order valence-corrected chi connectivity index (χ0v) is 16.1. The Morgan fingerprint density at radius 2 is 1.81 bits per heavy atom. The first-order chi connectivity index (χ1) is 13.1. The number of carbonyl (C=O) groups is 1. The summed E-state index contributed by atoms with van der Waals surface area (Å²) in [6.45, 7) is 5.33. The molecule has 2 aromatic rings. The van der Waals surface area contributed by atoms with Gasteiger partial charge in [-0.3, -0.25) is 4.79 Å². The Labute approximate surface area is 163 Å². The molecule has 0 saturated carbocycles. The molecule has 1 N–H and O–H groups in total. The molecule has 144 valence electrons. The average molecular weight is 392 g/mol. The molecular weight excluding hydrogens is 370 g/mol. The Morgan fingerprint density at radius 3 is 2.56 bits per heavy atom. The smallest absolute Gasteiger partial charge is 0.255 e. The van der Waals surface area contributed by atoms with E-state index >= 15 is 0 Å². The lowest BCUT2D eigenvalue weighted by molar-refractivity contribution is 0.102. The molecule has 0 bridgehead atoms. The molecule has 1 aliphatic rings. The summed E-state index contributed by atoms with van der Waals surface area (Å²) in [4.78, 5) is 12.6. The van der Waals surface area contributed by atoms with E-state index in [1.165, 1.54) is 0 Å². The van der Waals surface area contributed by atoms with Crippen LogP contribution in [0.5, 0.6) is 23.0 Å². The highest BCUT2D eigenvalue weighted by molar-refractivity contribution is 6.32. The summed E-state index contributed by atoms with van der Waals surface area (Å²) in [5, 5.41) is 3.19. The van der Waals surface area contributed by atoms with Crippen LogP contribution in [0.2, 0.25) is 5.02 Å². The Balaban J connectivity index is 1.78. The summed E-state index contributed by atoms with van der Waals surface area (Å²) in [5.41, 5.74) is 0.982. The quantitative estimate of drug-likeness (QED) is 0.693. The summed E-state index contributed by atoms with van der Waals surface area (Å²) in [7, 11) is 0. The van der Waals surface area contributed by atoms with Crippen molar-refractivity contribution in [3.8, 4) is 23.0 Å². The van der Waals surface area contributed by atoms with Gasteiger partial charge in [-0.05, 0) is 37.1 Å². The molecule has 0 fully saturated rings. The molecule has 1 amide bonds. The first kappa shape index (κ1) is 19.2.